The molecule has 0 aromatic heterocycles. The van der Waals surface area contributed by atoms with Crippen molar-refractivity contribution in [3.63, 3.8) is 0 Å². The van der Waals surface area contributed by atoms with Gasteiger partial charge in [0.15, 0.2) is 0 Å². The molecule has 0 spiro atoms. The average molecular weight is 247 g/mol. The topological polar surface area (TPSA) is 3.24 Å². The molecule has 1 aliphatic carbocycles. The van der Waals surface area contributed by atoms with Crippen LogP contribution in [0.2, 0.25) is 0 Å². The molecule has 1 aliphatic rings. The standard InChI is InChI=1S/C12H25NS2/c1-11(2)9-13(10-15-14-3)12-7-5-4-6-8-12/h11-12H,4-10H2,1-3H3. The molecular weight excluding hydrogens is 222 g/mol. The third-order valence-electron chi connectivity index (χ3n) is 3.03. The van der Waals surface area contributed by atoms with Gasteiger partial charge in [-0.05, 0) is 25.0 Å². The fourth-order valence-electron chi connectivity index (χ4n) is 2.34. The van der Waals surface area contributed by atoms with E-state index in [-0.39, 0.29) is 0 Å². The van der Waals surface area contributed by atoms with Crippen molar-refractivity contribution in [1.82, 2.24) is 4.90 Å². The summed E-state index contributed by atoms with van der Waals surface area (Å²) in [6.45, 7) is 5.94. The van der Waals surface area contributed by atoms with Crippen LogP contribution in [0, 0.1) is 5.92 Å². The van der Waals surface area contributed by atoms with Crippen molar-refractivity contribution in [3.8, 4) is 0 Å². The van der Waals surface area contributed by atoms with Crippen molar-refractivity contribution >= 4 is 21.6 Å². The highest BCUT2D eigenvalue weighted by molar-refractivity contribution is 8.76. The van der Waals surface area contributed by atoms with Crippen LogP contribution in [-0.4, -0.2) is 29.6 Å². The Hall–Kier alpha value is 0.660. The van der Waals surface area contributed by atoms with E-state index < -0.39 is 0 Å². The molecule has 3 heteroatoms. The van der Waals surface area contributed by atoms with Crippen LogP contribution in [0.5, 0.6) is 0 Å². The molecule has 1 rings (SSSR count). The van der Waals surface area contributed by atoms with Crippen LogP contribution >= 0.6 is 21.6 Å². The van der Waals surface area contributed by atoms with Gasteiger partial charge in [0.05, 0.1) is 5.88 Å². The Morgan fingerprint density at radius 2 is 1.87 bits per heavy atom. The Morgan fingerprint density at radius 1 is 1.20 bits per heavy atom. The minimum atomic E-state index is 0.800. The summed E-state index contributed by atoms with van der Waals surface area (Å²) < 4.78 is 0. The summed E-state index contributed by atoms with van der Waals surface area (Å²) in [7, 11) is 3.89. The molecule has 0 saturated heterocycles. The first-order chi connectivity index (χ1) is 7.24. The smallest absolute Gasteiger partial charge is 0.0551 e. The summed E-state index contributed by atoms with van der Waals surface area (Å²) in [4.78, 5) is 2.71. The van der Waals surface area contributed by atoms with Gasteiger partial charge in [0.1, 0.15) is 0 Å². The Bertz CT molecular complexity index is 156. The van der Waals surface area contributed by atoms with Crippen molar-refractivity contribution < 1.29 is 0 Å². The second-order valence-corrected chi connectivity index (χ2v) is 7.40. The minimum Gasteiger partial charge on any atom is -0.290 e. The van der Waals surface area contributed by atoms with E-state index in [1.807, 2.05) is 21.6 Å². The fraction of sp³-hybridized carbons (Fsp3) is 1.00. The van der Waals surface area contributed by atoms with Crippen LogP contribution < -0.4 is 0 Å². The van der Waals surface area contributed by atoms with E-state index in [0.717, 1.165) is 12.0 Å². The molecule has 15 heavy (non-hydrogen) atoms. The Labute approximate surface area is 103 Å². The molecule has 0 aliphatic heterocycles. The van der Waals surface area contributed by atoms with Gasteiger partial charge in [0, 0.05) is 12.6 Å². The number of hydrogen-bond donors (Lipinski definition) is 0. The molecule has 1 saturated carbocycles. The van der Waals surface area contributed by atoms with Gasteiger partial charge >= 0.3 is 0 Å². The van der Waals surface area contributed by atoms with Crippen molar-refractivity contribution in [2.75, 3.05) is 18.7 Å². The van der Waals surface area contributed by atoms with Crippen LogP contribution in [0.3, 0.4) is 0 Å². The SMILES string of the molecule is CSSCN(CC(C)C)C1CCCCC1. The second-order valence-electron chi connectivity index (χ2n) is 4.87. The molecule has 0 aromatic rings. The van der Waals surface area contributed by atoms with Crippen LogP contribution in [0.1, 0.15) is 46.0 Å². The normalized spacial score (nSPS) is 19.0. The van der Waals surface area contributed by atoms with Gasteiger partial charge < -0.3 is 0 Å². The van der Waals surface area contributed by atoms with E-state index in [9.17, 15) is 0 Å². The number of rotatable bonds is 6. The molecule has 0 aromatic carbocycles. The van der Waals surface area contributed by atoms with Crippen molar-refractivity contribution in [2.24, 2.45) is 5.92 Å². The number of hydrogen-bond acceptors (Lipinski definition) is 3. The molecule has 1 fully saturated rings. The predicted octanol–water partition coefficient (Wildman–Crippen LogP) is 4.25. The predicted molar refractivity (Wildman–Crippen MR) is 74.4 cm³/mol. The van der Waals surface area contributed by atoms with Gasteiger partial charge in [-0.3, -0.25) is 4.90 Å². The van der Waals surface area contributed by atoms with Crippen LogP contribution in [0.15, 0.2) is 0 Å². The van der Waals surface area contributed by atoms with Gasteiger partial charge in [0.2, 0.25) is 0 Å². The second kappa shape index (κ2) is 7.86. The molecule has 0 bridgehead atoms. The first-order valence-corrected chi connectivity index (χ1v) is 8.86. The quantitative estimate of drug-likeness (QED) is 0.510. The minimum absolute atomic E-state index is 0.800. The van der Waals surface area contributed by atoms with E-state index in [0.29, 0.717) is 0 Å². The zero-order chi connectivity index (χ0) is 11.1. The lowest BCUT2D eigenvalue weighted by molar-refractivity contribution is 0.166. The summed E-state index contributed by atoms with van der Waals surface area (Å²) in [5.74, 6) is 2.01. The molecule has 90 valence electrons. The first kappa shape index (κ1) is 13.7. The van der Waals surface area contributed by atoms with E-state index in [2.05, 4.69) is 25.0 Å². The highest BCUT2D eigenvalue weighted by atomic mass is 33.1. The van der Waals surface area contributed by atoms with Crippen LogP contribution in [0.4, 0.5) is 0 Å². The molecule has 0 heterocycles. The van der Waals surface area contributed by atoms with Crippen LogP contribution in [0.25, 0.3) is 0 Å². The molecule has 0 amide bonds. The van der Waals surface area contributed by atoms with Gasteiger partial charge in [-0.15, -0.1) is 0 Å². The highest BCUT2D eigenvalue weighted by Gasteiger charge is 2.21. The van der Waals surface area contributed by atoms with Crippen LogP contribution in [-0.2, 0) is 0 Å². The van der Waals surface area contributed by atoms with Crippen molar-refractivity contribution in [3.05, 3.63) is 0 Å². The maximum Gasteiger partial charge on any atom is 0.0551 e. The van der Waals surface area contributed by atoms with E-state index >= 15 is 0 Å². The summed E-state index contributed by atoms with van der Waals surface area (Å²) in [5, 5.41) is 0. The van der Waals surface area contributed by atoms with Gasteiger partial charge in [-0.1, -0.05) is 54.7 Å². The van der Waals surface area contributed by atoms with E-state index in [4.69, 9.17) is 0 Å². The largest absolute Gasteiger partial charge is 0.290 e. The zero-order valence-electron chi connectivity index (χ0n) is 10.4. The highest BCUT2D eigenvalue weighted by Crippen LogP contribution is 2.27. The third kappa shape index (κ3) is 5.50. The van der Waals surface area contributed by atoms with E-state index in [1.54, 1.807) is 0 Å². The van der Waals surface area contributed by atoms with Crippen molar-refractivity contribution in [2.45, 2.75) is 52.0 Å². The fourth-order valence-corrected chi connectivity index (χ4v) is 3.62. The molecule has 1 nitrogen and oxygen atoms in total. The summed E-state index contributed by atoms with van der Waals surface area (Å²) in [6.07, 6.45) is 9.40. The maximum atomic E-state index is 2.71. The summed E-state index contributed by atoms with van der Waals surface area (Å²) >= 11 is 0. The molecule has 0 atom stereocenters. The maximum absolute atomic E-state index is 2.71. The molecular formula is C12H25NS2. The van der Waals surface area contributed by atoms with E-state index in [1.165, 1.54) is 44.5 Å². The number of nitrogens with zero attached hydrogens (tertiary/aromatic N) is 1. The lowest BCUT2D eigenvalue weighted by atomic mass is 9.94. The Kier molecular flexibility index (Phi) is 7.19. The zero-order valence-corrected chi connectivity index (χ0v) is 12.0. The summed E-state index contributed by atoms with van der Waals surface area (Å²) in [6, 6.07) is 0.876. The monoisotopic (exact) mass is 247 g/mol. The Morgan fingerprint density at radius 3 is 2.40 bits per heavy atom. The van der Waals surface area contributed by atoms with Gasteiger partial charge in [-0.25, -0.2) is 0 Å². The van der Waals surface area contributed by atoms with Gasteiger partial charge in [-0.2, -0.15) is 0 Å². The molecule has 0 unspecified atom stereocenters. The van der Waals surface area contributed by atoms with Gasteiger partial charge in [0.25, 0.3) is 0 Å². The lowest BCUT2D eigenvalue weighted by Gasteiger charge is -2.34. The summed E-state index contributed by atoms with van der Waals surface area (Å²) in [5.41, 5.74) is 0. The third-order valence-corrected chi connectivity index (χ3v) is 4.72. The molecule has 0 N–H and O–H groups in total. The Balaban J connectivity index is 2.37. The first-order valence-electron chi connectivity index (χ1n) is 6.13. The average Bonchev–Trinajstić information content (AvgIpc) is 2.25. The molecule has 0 radical (unpaired) electrons. The van der Waals surface area contributed by atoms with Crippen molar-refractivity contribution in [1.29, 1.82) is 0 Å². The lowest BCUT2D eigenvalue weighted by Crippen LogP contribution is -2.38.